The number of aromatic nitrogens is 4. The summed E-state index contributed by atoms with van der Waals surface area (Å²) in [5.41, 5.74) is 5.64. The fourth-order valence-corrected chi connectivity index (χ4v) is 2.54. The number of halogens is 2. The quantitative estimate of drug-likeness (QED) is 0.876. The van der Waals surface area contributed by atoms with Gasteiger partial charge in [-0.25, -0.2) is 13.5 Å². The van der Waals surface area contributed by atoms with Gasteiger partial charge in [-0.15, -0.1) is 5.10 Å². The smallest absolute Gasteiger partial charge is 0.185 e. The minimum absolute atomic E-state index is 0.120. The van der Waals surface area contributed by atoms with E-state index >= 15 is 0 Å². The number of nitrogen functional groups attached to an aromatic ring is 1. The number of rotatable bonds is 3. The van der Waals surface area contributed by atoms with Crippen molar-refractivity contribution in [3.05, 3.63) is 23.8 Å². The Bertz CT molecular complexity index is 648. The Kier molecular flexibility index (Phi) is 2.92. The van der Waals surface area contributed by atoms with Crippen molar-refractivity contribution in [2.75, 3.05) is 5.73 Å². The van der Waals surface area contributed by atoms with Gasteiger partial charge in [0.25, 0.3) is 0 Å². The van der Waals surface area contributed by atoms with Crippen LogP contribution in [-0.4, -0.2) is 20.2 Å². The molecule has 3 rings (SSSR count). The lowest BCUT2D eigenvalue weighted by Crippen LogP contribution is -2.31. The van der Waals surface area contributed by atoms with Crippen LogP contribution in [0.3, 0.4) is 0 Å². The fraction of sp³-hybridized carbons (Fsp3) is 0.462. The molecule has 1 aliphatic carbocycles. The first-order chi connectivity index (χ1) is 9.48. The summed E-state index contributed by atoms with van der Waals surface area (Å²) in [6, 6.07) is 1.99. The van der Waals surface area contributed by atoms with Gasteiger partial charge in [0.2, 0.25) is 0 Å². The molecular formula is C13H15F2N5. The maximum Gasteiger partial charge on any atom is 0.185 e. The third-order valence-electron chi connectivity index (χ3n) is 3.95. The maximum atomic E-state index is 13.9. The largest absolute Gasteiger partial charge is 0.396 e. The van der Waals surface area contributed by atoms with Gasteiger partial charge >= 0.3 is 0 Å². The van der Waals surface area contributed by atoms with E-state index in [1.165, 1.54) is 12.5 Å². The zero-order valence-electron chi connectivity index (χ0n) is 11.1. The molecule has 0 unspecified atom stereocenters. The molecule has 0 aliphatic heterocycles. The molecule has 1 aliphatic rings. The first kappa shape index (κ1) is 13.0. The number of benzene rings is 1. The molecule has 1 aromatic carbocycles. The molecule has 1 aromatic heterocycles. The Morgan fingerprint density at radius 1 is 1.30 bits per heavy atom. The lowest BCUT2D eigenvalue weighted by molar-refractivity contribution is 0.126. The van der Waals surface area contributed by atoms with Gasteiger partial charge in [-0.05, 0) is 34.7 Å². The van der Waals surface area contributed by atoms with Gasteiger partial charge < -0.3 is 5.73 Å². The van der Waals surface area contributed by atoms with E-state index in [4.69, 9.17) is 5.73 Å². The summed E-state index contributed by atoms with van der Waals surface area (Å²) < 4.78 is 28.7. The van der Waals surface area contributed by atoms with Gasteiger partial charge in [-0.2, -0.15) is 0 Å². The monoisotopic (exact) mass is 279 g/mol. The zero-order valence-corrected chi connectivity index (χ0v) is 11.1. The van der Waals surface area contributed by atoms with Crippen LogP contribution in [0.25, 0.3) is 11.4 Å². The standard InChI is InChI=1S/C13H15F2N5/c1-13(3-2-4-13)7-20-12(17-18-19-20)8-5-11(16)10(15)6-9(8)14/h5-6H,2-4,7,16H2,1H3. The Morgan fingerprint density at radius 2 is 2.05 bits per heavy atom. The highest BCUT2D eigenvalue weighted by atomic mass is 19.1. The topological polar surface area (TPSA) is 69.6 Å². The van der Waals surface area contributed by atoms with E-state index < -0.39 is 11.6 Å². The van der Waals surface area contributed by atoms with Crippen molar-refractivity contribution in [2.24, 2.45) is 5.41 Å². The van der Waals surface area contributed by atoms with Crippen LogP contribution in [0.2, 0.25) is 0 Å². The molecule has 0 atom stereocenters. The summed E-state index contributed by atoms with van der Waals surface area (Å²) in [5.74, 6) is -1.22. The molecule has 20 heavy (non-hydrogen) atoms. The second-order valence-electron chi connectivity index (χ2n) is 5.68. The Labute approximate surface area is 114 Å². The van der Waals surface area contributed by atoms with E-state index in [1.807, 2.05) is 0 Å². The molecule has 0 radical (unpaired) electrons. The molecular weight excluding hydrogens is 264 g/mol. The summed E-state index contributed by atoms with van der Waals surface area (Å²) in [6.45, 7) is 2.77. The van der Waals surface area contributed by atoms with Crippen LogP contribution >= 0.6 is 0 Å². The SMILES string of the molecule is CC1(Cn2nnnc2-c2cc(N)c(F)cc2F)CCC1. The number of nitrogens with zero attached hydrogens (tertiary/aromatic N) is 4. The molecule has 0 amide bonds. The molecule has 0 saturated heterocycles. The maximum absolute atomic E-state index is 13.9. The van der Waals surface area contributed by atoms with Crippen molar-refractivity contribution in [1.29, 1.82) is 0 Å². The molecule has 5 nitrogen and oxygen atoms in total. The second kappa shape index (κ2) is 4.50. The summed E-state index contributed by atoms with van der Waals surface area (Å²) in [5, 5.41) is 11.3. The Balaban J connectivity index is 1.99. The van der Waals surface area contributed by atoms with Crippen molar-refractivity contribution < 1.29 is 8.78 Å². The molecule has 2 N–H and O–H groups in total. The van der Waals surface area contributed by atoms with Crippen LogP contribution in [0.15, 0.2) is 12.1 Å². The van der Waals surface area contributed by atoms with Gasteiger partial charge in [0.15, 0.2) is 5.82 Å². The Hall–Kier alpha value is -2.05. The highest BCUT2D eigenvalue weighted by molar-refractivity contribution is 5.62. The highest BCUT2D eigenvalue weighted by Gasteiger charge is 2.33. The van der Waals surface area contributed by atoms with Crippen molar-refractivity contribution in [3.8, 4) is 11.4 Å². The van der Waals surface area contributed by atoms with Gasteiger partial charge in [0, 0.05) is 6.07 Å². The predicted octanol–water partition coefficient (Wildman–Crippen LogP) is 2.39. The van der Waals surface area contributed by atoms with Crippen molar-refractivity contribution >= 4 is 5.69 Å². The second-order valence-corrected chi connectivity index (χ2v) is 5.68. The van der Waals surface area contributed by atoms with E-state index in [1.54, 1.807) is 4.68 Å². The van der Waals surface area contributed by atoms with Crippen LogP contribution in [0.5, 0.6) is 0 Å². The van der Waals surface area contributed by atoms with Crippen molar-refractivity contribution in [3.63, 3.8) is 0 Å². The fourth-order valence-electron chi connectivity index (χ4n) is 2.54. The van der Waals surface area contributed by atoms with Crippen LogP contribution in [-0.2, 0) is 6.54 Å². The molecule has 2 aromatic rings. The summed E-state index contributed by atoms with van der Waals surface area (Å²) in [6.07, 6.45) is 3.38. The van der Waals surface area contributed by atoms with Crippen LogP contribution in [0, 0.1) is 17.0 Å². The third-order valence-corrected chi connectivity index (χ3v) is 3.95. The number of hydrogen-bond donors (Lipinski definition) is 1. The van der Waals surface area contributed by atoms with Crippen LogP contribution < -0.4 is 5.73 Å². The number of hydrogen-bond acceptors (Lipinski definition) is 4. The summed E-state index contributed by atoms with van der Waals surface area (Å²) in [4.78, 5) is 0. The molecule has 1 saturated carbocycles. The van der Waals surface area contributed by atoms with Gasteiger partial charge in [-0.1, -0.05) is 13.3 Å². The van der Waals surface area contributed by atoms with Gasteiger partial charge in [-0.3, -0.25) is 0 Å². The average molecular weight is 279 g/mol. The van der Waals surface area contributed by atoms with E-state index in [9.17, 15) is 8.78 Å². The van der Waals surface area contributed by atoms with Gasteiger partial charge in [0.1, 0.15) is 11.6 Å². The highest BCUT2D eigenvalue weighted by Crippen LogP contribution is 2.42. The normalized spacial score (nSPS) is 16.9. The van der Waals surface area contributed by atoms with E-state index in [-0.39, 0.29) is 22.5 Å². The average Bonchev–Trinajstić information content (AvgIpc) is 2.80. The molecule has 7 heteroatoms. The van der Waals surface area contributed by atoms with E-state index in [0.717, 1.165) is 18.9 Å². The van der Waals surface area contributed by atoms with Gasteiger partial charge in [0.05, 0.1) is 17.8 Å². The summed E-state index contributed by atoms with van der Waals surface area (Å²) >= 11 is 0. The van der Waals surface area contributed by atoms with E-state index in [0.29, 0.717) is 6.54 Å². The number of anilines is 1. The lowest BCUT2D eigenvalue weighted by Gasteiger charge is -2.38. The molecule has 0 bridgehead atoms. The molecule has 1 fully saturated rings. The van der Waals surface area contributed by atoms with Crippen molar-refractivity contribution in [2.45, 2.75) is 32.7 Å². The van der Waals surface area contributed by atoms with Crippen LogP contribution in [0.1, 0.15) is 26.2 Å². The first-order valence-electron chi connectivity index (χ1n) is 6.50. The number of tetrazole rings is 1. The lowest BCUT2D eigenvalue weighted by atomic mass is 9.70. The zero-order chi connectivity index (χ0) is 14.3. The molecule has 0 spiro atoms. The first-order valence-corrected chi connectivity index (χ1v) is 6.50. The predicted molar refractivity (Wildman–Crippen MR) is 69.5 cm³/mol. The molecule has 1 heterocycles. The minimum Gasteiger partial charge on any atom is -0.396 e. The van der Waals surface area contributed by atoms with Crippen LogP contribution in [0.4, 0.5) is 14.5 Å². The van der Waals surface area contributed by atoms with Crippen molar-refractivity contribution in [1.82, 2.24) is 20.2 Å². The third kappa shape index (κ3) is 2.13. The number of nitrogens with two attached hydrogens (primary N) is 1. The minimum atomic E-state index is -0.781. The molecule has 106 valence electrons. The Morgan fingerprint density at radius 3 is 2.70 bits per heavy atom. The summed E-state index contributed by atoms with van der Waals surface area (Å²) in [7, 11) is 0. The van der Waals surface area contributed by atoms with E-state index in [2.05, 4.69) is 22.4 Å².